The first-order valence-electron chi connectivity index (χ1n) is 10.5. The van der Waals surface area contributed by atoms with Crippen LogP contribution in [0.4, 0.5) is 5.95 Å². The molecule has 0 saturated carbocycles. The topological polar surface area (TPSA) is 78.3 Å². The molecule has 3 aromatic carbocycles. The van der Waals surface area contributed by atoms with E-state index in [0.717, 1.165) is 22.4 Å². The Morgan fingerprint density at radius 2 is 1.74 bits per heavy atom. The summed E-state index contributed by atoms with van der Waals surface area (Å²) in [6, 6.07) is 22.2. The van der Waals surface area contributed by atoms with Gasteiger partial charge in [0.25, 0.3) is 5.91 Å². The number of halogens is 1. The first kappa shape index (κ1) is 23.1. The Labute approximate surface area is 202 Å². The Balaban J connectivity index is 1.63. The lowest BCUT2D eigenvalue weighted by molar-refractivity contribution is 0.0957. The number of nitrogens with one attached hydrogen (secondary N) is 1. The molecule has 34 heavy (non-hydrogen) atoms. The van der Waals surface area contributed by atoms with Crippen LogP contribution < -0.4 is 14.8 Å². The molecule has 8 heteroatoms. The van der Waals surface area contributed by atoms with Gasteiger partial charge in [-0.1, -0.05) is 41.9 Å². The largest absolute Gasteiger partial charge is 0.497 e. The molecular weight excluding hydrogens is 452 g/mol. The van der Waals surface area contributed by atoms with E-state index in [1.54, 1.807) is 20.3 Å². The zero-order chi connectivity index (χ0) is 23.9. The summed E-state index contributed by atoms with van der Waals surface area (Å²) in [6.45, 7) is 0.446. The van der Waals surface area contributed by atoms with E-state index in [-0.39, 0.29) is 5.91 Å². The number of nitrogens with zero attached hydrogens (tertiary/aromatic N) is 3. The molecule has 1 N–H and O–H groups in total. The first-order valence-corrected chi connectivity index (χ1v) is 10.9. The van der Waals surface area contributed by atoms with E-state index in [4.69, 9.17) is 21.1 Å². The second-order valence-electron chi connectivity index (χ2n) is 7.29. The Hall–Kier alpha value is -4.10. The number of anilines is 1. The molecule has 0 spiro atoms. The predicted molar refractivity (Wildman–Crippen MR) is 133 cm³/mol. The monoisotopic (exact) mass is 474 g/mol. The van der Waals surface area contributed by atoms with Gasteiger partial charge in [-0.2, -0.15) is 9.67 Å². The van der Waals surface area contributed by atoms with E-state index in [1.807, 2.05) is 72.8 Å². The standard InChI is InChI=1S/C26H23ClN4O3/c1-33-22-14-9-20(10-15-22)25-29-26(28-17-18-7-12-21(27)13-8-18)31(30-25)24(32)16-11-19-5-3-4-6-23(19)34-2/h3-16H,17H2,1-2H3,(H,28,29,30). The zero-order valence-corrected chi connectivity index (χ0v) is 19.5. The van der Waals surface area contributed by atoms with E-state index < -0.39 is 0 Å². The zero-order valence-electron chi connectivity index (χ0n) is 18.7. The molecule has 0 amide bonds. The number of rotatable bonds is 8. The van der Waals surface area contributed by atoms with E-state index in [1.165, 1.54) is 10.8 Å². The summed E-state index contributed by atoms with van der Waals surface area (Å²) in [5.74, 6) is 1.79. The molecule has 0 fully saturated rings. The summed E-state index contributed by atoms with van der Waals surface area (Å²) in [4.78, 5) is 17.7. The van der Waals surface area contributed by atoms with Crippen molar-refractivity contribution < 1.29 is 14.3 Å². The molecule has 0 radical (unpaired) electrons. The van der Waals surface area contributed by atoms with Gasteiger partial charge in [0, 0.05) is 28.8 Å². The van der Waals surface area contributed by atoms with Gasteiger partial charge in [0.15, 0.2) is 5.82 Å². The quantitative estimate of drug-likeness (QED) is 0.336. The number of carbonyl (C=O) groups excluding carboxylic acids is 1. The number of hydrogen-bond acceptors (Lipinski definition) is 6. The van der Waals surface area contributed by atoms with Crippen molar-refractivity contribution in [2.75, 3.05) is 19.5 Å². The van der Waals surface area contributed by atoms with Crippen LogP contribution >= 0.6 is 11.6 Å². The van der Waals surface area contributed by atoms with Gasteiger partial charge in [0.2, 0.25) is 5.95 Å². The summed E-state index contributed by atoms with van der Waals surface area (Å²) in [5, 5.41) is 8.33. The van der Waals surface area contributed by atoms with Crippen LogP contribution in [0, 0.1) is 0 Å². The minimum atomic E-state index is -0.350. The third-order valence-corrected chi connectivity index (χ3v) is 5.32. The molecule has 0 unspecified atom stereocenters. The average Bonchev–Trinajstić information content (AvgIpc) is 3.31. The van der Waals surface area contributed by atoms with Crippen LogP contribution in [-0.2, 0) is 6.54 Å². The minimum absolute atomic E-state index is 0.329. The van der Waals surface area contributed by atoms with Crippen molar-refractivity contribution in [3.63, 3.8) is 0 Å². The molecule has 0 bridgehead atoms. The van der Waals surface area contributed by atoms with Crippen LogP contribution in [0.5, 0.6) is 11.5 Å². The van der Waals surface area contributed by atoms with E-state index in [2.05, 4.69) is 15.4 Å². The van der Waals surface area contributed by atoms with Crippen molar-refractivity contribution in [1.29, 1.82) is 0 Å². The number of benzene rings is 3. The number of aromatic nitrogens is 3. The maximum atomic E-state index is 13.1. The molecule has 4 aromatic rings. The average molecular weight is 475 g/mol. The van der Waals surface area contributed by atoms with Crippen LogP contribution in [0.3, 0.4) is 0 Å². The highest BCUT2D eigenvalue weighted by Crippen LogP contribution is 2.23. The third-order valence-electron chi connectivity index (χ3n) is 5.07. The van der Waals surface area contributed by atoms with Crippen LogP contribution in [-0.4, -0.2) is 34.9 Å². The molecule has 4 rings (SSSR count). The second kappa shape index (κ2) is 10.7. The fraction of sp³-hybridized carbons (Fsp3) is 0.115. The second-order valence-corrected chi connectivity index (χ2v) is 7.73. The lowest BCUT2D eigenvalue weighted by atomic mass is 10.2. The number of allylic oxidation sites excluding steroid dienone is 1. The molecule has 1 heterocycles. The molecular formula is C26H23ClN4O3. The minimum Gasteiger partial charge on any atom is -0.497 e. The van der Waals surface area contributed by atoms with E-state index in [0.29, 0.717) is 29.1 Å². The summed E-state index contributed by atoms with van der Waals surface area (Å²) in [7, 11) is 3.19. The van der Waals surface area contributed by atoms with Crippen molar-refractivity contribution in [2.24, 2.45) is 0 Å². The van der Waals surface area contributed by atoms with Gasteiger partial charge in [-0.05, 0) is 54.1 Å². The summed E-state index contributed by atoms with van der Waals surface area (Å²) < 4.78 is 11.8. The SMILES string of the molecule is COc1ccc(-c2nc(NCc3ccc(Cl)cc3)n(C(=O)C=Cc3ccccc3OC)n2)cc1. The molecule has 0 aliphatic heterocycles. The third kappa shape index (κ3) is 5.44. The highest BCUT2D eigenvalue weighted by molar-refractivity contribution is 6.30. The number of para-hydroxylation sites is 1. The van der Waals surface area contributed by atoms with Gasteiger partial charge in [0.1, 0.15) is 11.5 Å². The lowest BCUT2D eigenvalue weighted by Crippen LogP contribution is -2.14. The maximum absolute atomic E-state index is 13.1. The first-order chi connectivity index (χ1) is 16.6. The van der Waals surface area contributed by atoms with Gasteiger partial charge in [-0.25, -0.2) is 0 Å². The Morgan fingerprint density at radius 3 is 2.44 bits per heavy atom. The van der Waals surface area contributed by atoms with Gasteiger partial charge in [-0.15, -0.1) is 5.10 Å². The highest BCUT2D eigenvalue weighted by Gasteiger charge is 2.16. The number of methoxy groups -OCH3 is 2. The van der Waals surface area contributed by atoms with Crippen LogP contribution in [0.15, 0.2) is 78.9 Å². The molecule has 1 aromatic heterocycles. The van der Waals surface area contributed by atoms with Crippen LogP contribution in [0.25, 0.3) is 17.5 Å². The Bertz CT molecular complexity index is 1300. The molecule has 0 aliphatic rings. The van der Waals surface area contributed by atoms with Crippen molar-refractivity contribution in [3.05, 3.63) is 95.0 Å². The fourth-order valence-electron chi connectivity index (χ4n) is 3.26. The smallest absolute Gasteiger partial charge is 0.274 e. The molecule has 0 atom stereocenters. The van der Waals surface area contributed by atoms with E-state index in [9.17, 15) is 4.79 Å². The highest BCUT2D eigenvalue weighted by atomic mass is 35.5. The van der Waals surface area contributed by atoms with Gasteiger partial charge < -0.3 is 14.8 Å². The Kier molecular flexibility index (Phi) is 7.25. The van der Waals surface area contributed by atoms with Gasteiger partial charge in [-0.3, -0.25) is 4.79 Å². The number of ether oxygens (including phenoxy) is 2. The van der Waals surface area contributed by atoms with Crippen molar-refractivity contribution in [1.82, 2.24) is 14.8 Å². The Morgan fingerprint density at radius 1 is 1.00 bits per heavy atom. The predicted octanol–water partition coefficient (Wildman–Crippen LogP) is 5.58. The van der Waals surface area contributed by atoms with Crippen molar-refractivity contribution in [2.45, 2.75) is 6.54 Å². The van der Waals surface area contributed by atoms with Crippen molar-refractivity contribution in [3.8, 4) is 22.9 Å². The molecule has 0 aliphatic carbocycles. The number of carbonyl (C=O) groups is 1. The molecule has 172 valence electrons. The summed E-state index contributed by atoms with van der Waals surface area (Å²) in [5.41, 5.74) is 2.53. The normalized spacial score (nSPS) is 10.9. The fourth-order valence-corrected chi connectivity index (χ4v) is 3.39. The van der Waals surface area contributed by atoms with E-state index >= 15 is 0 Å². The van der Waals surface area contributed by atoms with Gasteiger partial charge in [0.05, 0.1) is 14.2 Å². The maximum Gasteiger partial charge on any atom is 0.274 e. The summed E-state index contributed by atoms with van der Waals surface area (Å²) >= 11 is 5.98. The van der Waals surface area contributed by atoms with Crippen LogP contribution in [0.1, 0.15) is 15.9 Å². The summed E-state index contributed by atoms with van der Waals surface area (Å²) in [6.07, 6.45) is 3.14. The molecule has 7 nitrogen and oxygen atoms in total. The lowest BCUT2D eigenvalue weighted by Gasteiger charge is -2.06. The van der Waals surface area contributed by atoms with Gasteiger partial charge >= 0.3 is 0 Å². The number of hydrogen-bond donors (Lipinski definition) is 1. The van der Waals surface area contributed by atoms with Crippen LogP contribution in [0.2, 0.25) is 5.02 Å². The molecule has 0 saturated heterocycles. The van der Waals surface area contributed by atoms with Crippen molar-refractivity contribution >= 4 is 29.5 Å².